The van der Waals surface area contributed by atoms with Crippen LogP contribution in [-0.2, 0) is 0 Å². The van der Waals surface area contributed by atoms with Gasteiger partial charge in [0.1, 0.15) is 0 Å². The van der Waals surface area contributed by atoms with Gasteiger partial charge in [-0.3, -0.25) is 0 Å². The minimum Gasteiger partial charge on any atom is -0.311 e. The minimum atomic E-state index is 1.09. The highest BCUT2D eigenvalue weighted by Crippen LogP contribution is 2.41. The molecule has 60 heavy (non-hydrogen) atoms. The topological polar surface area (TPSA) is 6.48 Å². The molecule has 9 aromatic rings. The Balaban J connectivity index is 0.938. The zero-order valence-electron chi connectivity index (χ0n) is 33.4. The van der Waals surface area contributed by atoms with Crippen molar-refractivity contribution in [1.82, 2.24) is 0 Å². The number of fused-ring (bicyclic) bond motifs is 2. The number of aryl methyl sites for hydroxylation is 2. The van der Waals surface area contributed by atoms with Gasteiger partial charge in [0.15, 0.2) is 0 Å². The molecule has 290 valence electrons. The van der Waals surface area contributed by atoms with Crippen LogP contribution in [0.5, 0.6) is 0 Å². The molecule has 0 aliphatic carbocycles. The van der Waals surface area contributed by atoms with Gasteiger partial charge in [0.25, 0.3) is 0 Å². The van der Waals surface area contributed by atoms with Gasteiger partial charge in [0.05, 0.1) is 0 Å². The number of rotatable bonds is 10. The summed E-state index contributed by atoms with van der Waals surface area (Å²) in [6, 6.07) is 69.3. The van der Waals surface area contributed by atoms with Crippen LogP contribution in [0.4, 0.5) is 34.1 Å². The van der Waals surface area contributed by atoms with E-state index in [1.54, 1.807) is 0 Å². The summed E-state index contributed by atoms with van der Waals surface area (Å²) in [4.78, 5) is 4.59. The van der Waals surface area contributed by atoms with E-state index in [4.69, 9.17) is 0 Å². The van der Waals surface area contributed by atoms with E-state index in [-0.39, 0.29) is 0 Å². The van der Waals surface area contributed by atoms with E-state index >= 15 is 0 Å². The molecule has 0 heterocycles. The summed E-state index contributed by atoms with van der Waals surface area (Å²) >= 11 is 7.99. The van der Waals surface area contributed by atoms with Gasteiger partial charge in [-0.1, -0.05) is 145 Å². The second-order valence-electron chi connectivity index (χ2n) is 15.1. The number of anilines is 6. The molecule has 0 saturated heterocycles. The fourth-order valence-corrected chi connectivity index (χ4v) is 9.00. The van der Waals surface area contributed by atoms with Gasteiger partial charge in [-0.2, -0.15) is 0 Å². The number of hydrogen-bond donors (Lipinski definition) is 0. The monoisotopic (exact) mass is 900 g/mol. The Kier molecular flexibility index (Phi) is 11.3. The molecule has 0 spiro atoms. The van der Waals surface area contributed by atoms with Gasteiger partial charge in [0, 0.05) is 43.1 Å². The molecule has 0 aliphatic heterocycles. The molecule has 0 aromatic heterocycles. The highest BCUT2D eigenvalue weighted by Gasteiger charge is 2.15. The van der Waals surface area contributed by atoms with Crippen molar-refractivity contribution in [3.8, 4) is 0 Å². The number of hydrogen-bond acceptors (Lipinski definition) is 2. The molecule has 0 radical (unpaired) electrons. The fourth-order valence-electron chi connectivity index (χ4n) is 7.66. The Hall–Kier alpha value is -6.46. The molecule has 9 aromatic carbocycles. The maximum Gasteiger partial charge on any atom is 0.0462 e. The maximum atomic E-state index is 3.99. The first-order valence-electron chi connectivity index (χ1n) is 20.1. The van der Waals surface area contributed by atoms with Crippen LogP contribution in [0.2, 0.25) is 0 Å². The van der Waals surface area contributed by atoms with Crippen LogP contribution in [0.25, 0.3) is 45.8 Å². The van der Waals surface area contributed by atoms with Crippen LogP contribution in [0.15, 0.2) is 203 Å². The Morgan fingerprint density at radius 1 is 0.300 bits per heavy atom. The SMILES string of the molecule is Cc1ccc(N(c2ccccc2)c2ccc(C=Cc3ccc4c(Br)c5cc(C=Cc6ccc(N(c7ccccc7)c7ccc(C)cc7)cc6)ccc5c(Br)c4c3)cc2)cc1. The van der Waals surface area contributed by atoms with E-state index < -0.39 is 0 Å². The van der Waals surface area contributed by atoms with Crippen molar-refractivity contribution >= 4 is 112 Å². The molecule has 0 bridgehead atoms. The predicted molar refractivity (Wildman–Crippen MR) is 266 cm³/mol. The fraction of sp³-hybridized carbons (Fsp3) is 0.0357. The number of halogens is 2. The molecule has 0 N–H and O–H groups in total. The summed E-state index contributed by atoms with van der Waals surface area (Å²) in [7, 11) is 0. The third-order valence-electron chi connectivity index (χ3n) is 10.9. The molecule has 4 heteroatoms. The first-order chi connectivity index (χ1) is 29.4. The lowest BCUT2D eigenvalue weighted by Crippen LogP contribution is -2.09. The molecule has 0 saturated carbocycles. The largest absolute Gasteiger partial charge is 0.311 e. The van der Waals surface area contributed by atoms with E-state index in [0.29, 0.717) is 0 Å². The van der Waals surface area contributed by atoms with Crippen LogP contribution in [0.3, 0.4) is 0 Å². The molecule has 0 fully saturated rings. The van der Waals surface area contributed by atoms with Crippen LogP contribution < -0.4 is 9.80 Å². The highest BCUT2D eigenvalue weighted by atomic mass is 79.9. The molecule has 0 amide bonds. The van der Waals surface area contributed by atoms with Gasteiger partial charge < -0.3 is 9.80 Å². The molecular formula is C56H42Br2N2. The Bertz CT molecular complexity index is 2770. The summed E-state index contributed by atoms with van der Waals surface area (Å²) in [5, 5.41) is 4.67. The van der Waals surface area contributed by atoms with Crippen LogP contribution >= 0.6 is 31.9 Å². The smallest absolute Gasteiger partial charge is 0.0462 e. The maximum absolute atomic E-state index is 3.99. The summed E-state index contributed by atoms with van der Waals surface area (Å²) in [6.07, 6.45) is 8.75. The zero-order chi connectivity index (χ0) is 41.0. The van der Waals surface area contributed by atoms with Crippen LogP contribution in [0.1, 0.15) is 33.4 Å². The average molecular weight is 903 g/mol. The molecular weight excluding hydrogens is 860 g/mol. The predicted octanol–water partition coefficient (Wildman–Crippen LogP) is 17.4. The Labute approximate surface area is 369 Å². The lowest BCUT2D eigenvalue weighted by atomic mass is 9.99. The highest BCUT2D eigenvalue weighted by molar-refractivity contribution is 9.11. The second kappa shape index (κ2) is 17.4. The summed E-state index contributed by atoms with van der Waals surface area (Å²) in [5.74, 6) is 0. The molecule has 0 atom stereocenters. The normalized spacial score (nSPS) is 11.5. The van der Waals surface area contributed by atoms with Crippen molar-refractivity contribution in [3.63, 3.8) is 0 Å². The zero-order valence-corrected chi connectivity index (χ0v) is 36.6. The summed E-state index contributed by atoms with van der Waals surface area (Å²) in [6.45, 7) is 4.24. The molecule has 0 unspecified atom stereocenters. The second-order valence-corrected chi connectivity index (χ2v) is 16.7. The average Bonchev–Trinajstić information content (AvgIpc) is 3.30. The standard InChI is InChI=1S/C56H42Br2N2/c1-39-13-27-47(28-14-39)59(45-9-5-3-6-10-45)49-31-21-41(22-32-49)17-19-43-25-35-51-53(37-43)55(57)52-36-26-44(38-54(52)56(51)58)20-18-42-23-33-50(34-24-42)60(46-11-7-4-8-12-46)48-29-15-40(2)16-30-48/h3-38H,1-2H3. The van der Waals surface area contributed by atoms with E-state index in [9.17, 15) is 0 Å². The van der Waals surface area contributed by atoms with Crippen LogP contribution in [0, 0.1) is 13.8 Å². The van der Waals surface area contributed by atoms with Crippen molar-refractivity contribution in [2.24, 2.45) is 0 Å². The van der Waals surface area contributed by atoms with Gasteiger partial charge in [-0.25, -0.2) is 0 Å². The Morgan fingerprint density at radius 2 is 0.583 bits per heavy atom. The molecule has 2 nitrogen and oxygen atoms in total. The Morgan fingerprint density at radius 3 is 0.933 bits per heavy atom. The van der Waals surface area contributed by atoms with Crippen molar-refractivity contribution in [1.29, 1.82) is 0 Å². The quantitative estimate of drug-likeness (QED) is 0.0997. The lowest BCUT2D eigenvalue weighted by Gasteiger charge is -2.25. The lowest BCUT2D eigenvalue weighted by molar-refractivity contribution is 1.27. The summed E-state index contributed by atoms with van der Waals surface area (Å²) in [5.41, 5.74) is 13.8. The van der Waals surface area contributed by atoms with Gasteiger partial charge >= 0.3 is 0 Å². The van der Waals surface area contributed by atoms with Crippen molar-refractivity contribution in [3.05, 3.63) is 236 Å². The third-order valence-corrected chi connectivity index (χ3v) is 12.6. The van der Waals surface area contributed by atoms with Crippen molar-refractivity contribution in [2.75, 3.05) is 9.80 Å². The van der Waals surface area contributed by atoms with Crippen LogP contribution in [-0.4, -0.2) is 0 Å². The van der Waals surface area contributed by atoms with Gasteiger partial charge in [-0.05, 0) is 174 Å². The van der Waals surface area contributed by atoms with E-state index in [0.717, 1.165) is 65.3 Å². The number of nitrogens with zero attached hydrogens (tertiary/aromatic N) is 2. The first kappa shape index (κ1) is 39.0. The molecule has 9 rings (SSSR count). The number of benzene rings is 9. The van der Waals surface area contributed by atoms with E-state index in [2.05, 4.69) is 274 Å². The van der Waals surface area contributed by atoms with E-state index in [1.807, 2.05) is 0 Å². The van der Waals surface area contributed by atoms with Gasteiger partial charge in [-0.15, -0.1) is 0 Å². The van der Waals surface area contributed by atoms with E-state index in [1.165, 1.54) is 32.7 Å². The number of para-hydroxylation sites is 2. The van der Waals surface area contributed by atoms with Crippen molar-refractivity contribution < 1.29 is 0 Å². The van der Waals surface area contributed by atoms with Gasteiger partial charge in [0.2, 0.25) is 0 Å². The van der Waals surface area contributed by atoms with Crippen molar-refractivity contribution in [2.45, 2.75) is 13.8 Å². The first-order valence-corrected chi connectivity index (χ1v) is 21.7. The third kappa shape index (κ3) is 8.35. The summed E-state index contributed by atoms with van der Waals surface area (Å²) < 4.78 is 2.19. The molecule has 0 aliphatic rings. The minimum absolute atomic E-state index is 1.09.